The van der Waals surface area contributed by atoms with Crippen molar-refractivity contribution in [1.29, 1.82) is 0 Å². The number of halogens is 4. The van der Waals surface area contributed by atoms with Gasteiger partial charge in [0, 0.05) is 29.3 Å². The minimum atomic E-state index is -0.830. The van der Waals surface area contributed by atoms with Crippen LogP contribution in [-0.2, 0) is 4.79 Å². The number of carbonyl (C=O) groups excluding carboxylic acids is 1. The van der Waals surface area contributed by atoms with Crippen molar-refractivity contribution in [3.05, 3.63) is 94.8 Å². The smallest absolute Gasteiger partial charge is 0.182 e. The first-order valence-electron chi connectivity index (χ1n) is 7.06. The molecule has 0 aliphatic heterocycles. The molecule has 0 fully saturated rings. The molecule has 128 valence electrons. The van der Waals surface area contributed by atoms with Gasteiger partial charge in [0.15, 0.2) is 5.78 Å². The van der Waals surface area contributed by atoms with Gasteiger partial charge < -0.3 is 5.11 Å². The molecule has 0 bridgehead atoms. The van der Waals surface area contributed by atoms with Crippen LogP contribution >= 0.6 is 0 Å². The van der Waals surface area contributed by atoms with Gasteiger partial charge in [0.25, 0.3) is 0 Å². The molecule has 0 amide bonds. The van der Waals surface area contributed by atoms with Gasteiger partial charge in [-0.1, -0.05) is 0 Å². The molecule has 2 aromatic carbocycles. The van der Waals surface area contributed by atoms with Crippen LogP contribution in [0.25, 0.3) is 12.2 Å². The Morgan fingerprint density at radius 1 is 0.800 bits per heavy atom. The number of carbonyl (C=O) groups is 1. The van der Waals surface area contributed by atoms with Crippen molar-refractivity contribution in [2.45, 2.75) is 0 Å². The van der Waals surface area contributed by atoms with Crippen LogP contribution in [0.3, 0.4) is 0 Å². The standard InChI is InChI=1S/C19H12F4O2/c20-14-5-1-12(18(22)9-14)3-7-16(24)11-17(25)8-4-13-2-6-15(21)10-19(13)23/h1-11,24H/b7-3+,8-4+,16-11?. The predicted octanol–water partition coefficient (Wildman–Crippen LogP) is 4.98. The molecule has 2 nitrogen and oxygen atoms in total. The highest BCUT2D eigenvalue weighted by Gasteiger charge is 2.02. The van der Waals surface area contributed by atoms with Gasteiger partial charge in [0.2, 0.25) is 0 Å². The lowest BCUT2D eigenvalue weighted by Gasteiger charge is -1.97. The molecule has 0 spiro atoms. The molecule has 0 aliphatic rings. The van der Waals surface area contributed by atoms with E-state index in [-0.39, 0.29) is 11.1 Å². The summed E-state index contributed by atoms with van der Waals surface area (Å²) in [6, 6.07) is 5.79. The van der Waals surface area contributed by atoms with Crippen molar-refractivity contribution < 1.29 is 27.5 Å². The fraction of sp³-hybridized carbons (Fsp3) is 0. The number of hydrogen-bond donors (Lipinski definition) is 1. The Morgan fingerprint density at radius 2 is 1.28 bits per heavy atom. The quantitative estimate of drug-likeness (QED) is 0.358. The van der Waals surface area contributed by atoms with Crippen LogP contribution in [0.2, 0.25) is 0 Å². The van der Waals surface area contributed by atoms with Crippen LogP contribution in [-0.4, -0.2) is 10.9 Å². The first-order valence-corrected chi connectivity index (χ1v) is 7.06. The molecule has 25 heavy (non-hydrogen) atoms. The van der Waals surface area contributed by atoms with Gasteiger partial charge in [0.1, 0.15) is 29.0 Å². The SMILES string of the molecule is O=C(C=C(O)/C=C/c1ccc(F)cc1F)/C=C/c1ccc(F)cc1F. The average molecular weight is 348 g/mol. The van der Waals surface area contributed by atoms with Crippen LogP contribution in [0.4, 0.5) is 17.6 Å². The predicted molar refractivity (Wildman–Crippen MR) is 86.5 cm³/mol. The first kappa shape index (κ1) is 18.2. The molecule has 6 heteroatoms. The van der Waals surface area contributed by atoms with Crippen LogP contribution in [0.15, 0.2) is 60.4 Å². The van der Waals surface area contributed by atoms with Crippen LogP contribution < -0.4 is 0 Å². The van der Waals surface area contributed by atoms with E-state index in [1.54, 1.807) is 0 Å². The molecule has 0 unspecified atom stereocenters. The number of ketones is 1. The molecule has 0 aliphatic carbocycles. The number of aliphatic hydroxyl groups excluding tert-OH is 1. The van der Waals surface area contributed by atoms with Crippen molar-refractivity contribution in [1.82, 2.24) is 0 Å². The number of allylic oxidation sites excluding steroid dienone is 3. The lowest BCUT2D eigenvalue weighted by atomic mass is 10.1. The summed E-state index contributed by atoms with van der Waals surface area (Å²) in [5.41, 5.74) is 0.0317. The third-order valence-electron chi connectivity index (χ3n) is 3.08. The molecule has 0 radical (unpaired) electrons. The van der Waals surface area contributed by atoms with E-state index in [0.29, 0.717) is 12.1 Å². The summed E-state index contributed by atoms with van der Waals surface area (Å²) in [6.45, 7) is 0. The molecule has 0 heterocycles. The Kier molecular flexibility index (Phi) is 5.89. The molecule has 2 rings (SSSR count). The van der Waals surface area contributed by atoms with Crippen molar-refractivity contribution in [2.75, 3.05) is 0 Å². The number of benzene rings is 2. The fourth-order valence-corrected chi connectivity index (χ4v) is 1.86. The summed E-state index contributed by atoms with van der Waals surface area (Å²) in [4.78, 5) is 11.7. The molecule has 0 aromatic heterocycles. The summed E-state index contributed by atoms with van der Waals surface area (Å²) < 4.78 is 52.3. The molecule has 0 saturated heterocycles. The molecule has 0 atom stereocenters. The topological polar surface area (TPSA) is 37.3 Å². The maximum absolute atomic E-state index is 13.4. The van der Waals surface area contributed by atoms with E-state index in [1.807, 2.05) is 0 Å². The summed E-state index contributed by atoms with van der Waals surface area (Å²) in [5.74, 6) is -4.26. The number of rotatable bonds is 5. The lowest BCUT2D eigenvalue weighted by molar-refractivity contribution is -0.110. The van der Waals surface area contributed by atoms with E-state index in [0.717, 1.165) is 48.6 Å². The van der Waals surface area contributed by atoms with Crippen LogP contribution in [0.1, 0.15) is 11.1 Å². The Morgan fingerprint density at radius 3 is 1.76 bits per heavy atom. The monoisotopic (exact) mass is 348 g/mol. The third kappa shape index (κ3) is 5.46. The van der Waals surface area contributed by atoms with Gasteiger partial charge in [-0.3, -0.25) is 4.79 Å². The van der Waals surface area contributed by atoms with E-state index in [4.69, 9.17) is 0 Å². The van der Waals surface area contributed by atoms with Crippen LogP contribution in [0, 0.1) is 23.3 Å². The highest BCUT2D eigenvalue weighted by molar-refractivity contribution is 6.02. The van der Waals surface area contributed by atoms with Gasteiger partial charge in [-0.25, -0.2) is 17.6 Å². The Balaban J connectivity index is 2.06. The molecular weight excluding hydrogens is 336 g/mol. The van der Waals surface area contributed by atoms with E-state index in [9.17, 15) is 27.5 Å². The van der Waals surface area contributed by atoms with E-state index in [2.05, 4.69) is 0 Å². The molecule has 1 N–H and O–H groups in total. The van der Waals surface area contributed by atoms with E-state index >= 15 is 0 Å². The van der Waals surface area contributed by atoms with Gasteiger partial charge in [-0.05, 0) is 48.6 Å². The second kappa shape index (κ2) is 8.10. The second-order valence-electron chi connectivity index (χ2n) is 4.97. The highest BCUT2D eigenvalue weighted by Crippen LogP contribution is 2.13. The molecule has 0 saturated carbocycles. The minimum Gasteiger partial charge on any atom is -0.508 e. The third-order valence-corrected chi connectivity index (χ3v) is 3.08. The van der Waals surface area contributed by atoms with E-state index in [1.165, 1.54) is 6.07 Å². The van der Waals surface area contributed by atoms with Crippen molar-refractivity contribution >= 4 is 17.9 Å². The summed E-state index contributed by atoms with van der Waals surface area (Å²) >= 11 is 0. The maximum atomic E-state index is 13.4. The van der Waals surface area contributed by atoms with Crippen molar-refractivity contribution in [3.63, 3.8) is 0 Å². The maximum Gasteiger partial charge on any atom is 0.182 e. The fourth-order valence-electron chi connectivity index (χ4n) is 1.86. The summed E-state index contributed by atoms with van der Waals surface area (Å²) in [6.07, 6.45) is 5.16. The Labute approximate surface area is 141 Å². The van der Waals surface area contributed by atoms with Crippen LogP contribution in [0.5, 0.6) is 0 Å². The Bertz CT molecular complexity index is 883. The summed E-state index contributed by atoms with van der Waals surface area (Å²) in [5, 5.41) is 9.61. The van der Waals surface area contributed by atoms with Crippen molar-refractivity contribution in [3.8, 4) is 0 Å². The average Bonchev–Trinajstić information content (AvgIpc) is 2.53. The largest absolute Gasteiger partial charge is 0.508 e. The van der Waals surface area contributed by atoms with Gasteiger partial charge >= 0.3 is 0 Å². The normalized spacial score (nSPS) is 12.2. The zero-order valence-corrected chi connectivity index (χ0v) is 12.7. The Hall–Kier alpha value is -3.15. The number of aliphatic hydroxyl groups is 1. The molecule has 2 aromatic rings. The van der Waals surface area contributed by atoms with Gasteiger partial charge in [0.05, 0.1) is 0 Å². The van der Waals surface area contributed by atoms with E-state index < -0.39 is 34.8 Å². The lowest BCUT2D eigenvalue weighted by Crippen LogP contribution is -1.90. The highest BCUT2D eigenvalue weighted by atomic mass is 19.1. The number of hydrogen-bond acceptors (Lipinski definition) is 2. The zero-order valence-electron chi connectivity index (χ0n) is 12.7. The van der Waals surface area contributed by atoms with Gasteiger partial charge in [-0.2, -0.15) is 0 Å². The van der Waals surface area contributed by atoms with Gasteiger partial charge in [-0.15, -0.1) is 0 Å². The second-order valence-corrected chi connectivity index (χ2v) is 4.97. The zero-order chi connectivity index (χ0) is 18.4. The molecular formula is C19H12F4O2. The summed E-state index contributed by atoms with van der Waals surface area (Å²) in [7, 11) is 0. The van der Waals surface area contributed by atoms with Crippen molar-refractivity contribution in [2.24, 2.45) is 0 Å². The first-order chi connectivity index (χ1) is 11.8. The minimum absolute atomic E-state index is 0.00608.